The van der Waals surface area contributed by atoms with Gasteiger partial charge < -0.3 is 9.84 Å². The first-order valence-electron chi connectivity index (χ1n) is 10.4. The number of unbranched alkanes of at least 4 members (excludes halogenated alkanes) is 8. The Morgan fingerprint density at radius 2 is 1.38 bits per heavy atom. The lowest BCUT2D eigenvalue weighted by Crippen LogP contribution is -2.20. The summed E-state index contributed by atoms with van der Waals surface area (Å²) < 4.78 is 5.28. The molecule has 0 bridgehead atoms. The van der Waals surface area contributed by atoms with Gasteiger partial charge in [-0.3, -0.25) is 0 Å². The van der Waals surface area contributed by atoms with Crippen molar-refractivity contribution in [2.45, 2.75) is 83.7 Å². The summed E-state index contributed by atoms with van der Waals surface area (Å²) >= 11 is 0. The number of hydrogen-bond donors (Lipinski definition) is 1. The maximum atomic E-state index is 10.9. The molecule has 1 N–H and O–H groups in total. The molecule has 0 spiro atoms. The fraction of sp³-hybridized carbons (Fsp3) is 0.583. The summed E-state index contributed by atoms with van der Waals surface area (Å²) in [5.74, 6) is 0.867. The average Bonchev–Trinajstić information content (AvgIpc) is 2.65. The van der Waals surface area contributed by atoms with E-state index in [0.717, 1.165) is 34.9 Å². The Labute approximate surface area is 159 Å². The predicted molar refractivity (Wildman–Crippen MR) is 112 cm³/mol. The molecule has 26 heavy (non-hydrogen) atoms. The van der Waals surface area contributed by atoms with Crippen molar-refractivity contribution in [1.29, 1.82) is 0 Å². The molecule has 0 saturated carbocycles. The number of ether oxygens (including phenoxy) is 1. The van der Waals surface area contributed by atoms with Crippen molar-refractivity contribution >= 4 is 10.8 Å². The third kappa shape index (κ3) is 6.32. The first-order chi connectivity index (χ1) is 12.6. The molecular weight excluding hydrogens is 320 g/mol. The smallest absolute Gasteiger partial charge is 0.119 e. The molecule has 0 aliphatic heterocycles. The van der Waals surface area contributed by atoms with Gasteiger partial charge in [-0.2, -0.15) is 0 Å². The second-order valence-electron chi connectivity index (χ2n) is 7.78. The van der Waals surface area contributed by atoms with Gasteiger partial charge in [-0.15, -0.1) is 0 Å². The summed E-state index contributed by atoms with van der Waals surface area (Å²) in [7, 11) is 1.69. The summed E-state index contributed by atoms with van der Waals surface area (Å²) in [5.41, 5.74) is 0.254. The van der Waals surface area contributed by atoms with Gasteiger partial charge in [0.15, 0.2) is 0 Å². The normalized spacial score (nSPS) is 13.7. The van der Waals surface area contributed by atoms with Crippen LogP contribution in [0.25, 0.3) is 10.8 Å². The maximum Gasteiger partial charge on any atom is 0.119 e. The van der Waals surface area contributed by atoms with E-state index >= 15 is 0 Å². The van der Waals surface area contributed by atoms with Gasteiger partial charge in [0.2, 0.25) is 0 Å². The van der Waals surface area contributed by atoms with E-state index in [0.29, 0.717) is 0 Å². The molecule has 0 saturated heterocycles. The van der Waals surface area contributed by atoms with Crippen molar-refractivity contribution in [3.05, 3.63) is 42.0 Å². The van der Waals surface area contributed by atoms with E-state index in [9.17, 15) is 5.11 Å². The molecule has 2 aromatic carbocycles. The lowest BCUT2D eigenvalue weighted by molar-refractivity contribution is 0.0449. The molecular formula is C24H36O2. The second kappa shape index (κ2) is 10.6. The van der Waals surface area contributed by atoms with Crippen LogP contribution in [0.1, 0.15) is 83.6 Å². The average molecular weight is 357 g/mol. The summed E-state index contributed by atoms with van der Waals surface area (Å²) in [6, 6.07) is 12.3. The first kappa shape index (κ1) is 20.8. The minimum Gasteiger partial charge on any atom is -0.497 e. The Morgan fingerprint density at radius 1 is 0.808 bits per heavy atom. The van der Waals surface area contributed by atoms with Crippen LogP contribution in [0, 0.1) is 0 Å². The molecule has 1 atom stereocenters. The van der Waals surface area contributed by atoms with Crippen molar-refractivity contribution in [3.63, 3.8) is 0 Å². The number of fused-ring (bicyclic) bond motifs is 1. The van der Waals surface area contributed by atoms with Gasteiger partial charge in [0, 0.05) is 0 Å². The lowest BCUT2D eigenvalue weighted by Gasteiger charge is -2.24. The van der Waals surface area contributed by atoms with E-state index in [2.05, 4.69) is 31.2 Å². The molecule has 0 fully saturated rings. The molecule has 0 radical (unpaired) electrons. The third-order valence-electron chi connectivity index (χ3n) is 5.44. The minimum absolute atomic E-state index is 0.755. The number of hydrogen-bond acceptors (Lipinski definition) is 2. The topological polar surface area (TPSA) is 29.5 Å². The van der Waals surface area contributed by atoms with Crippen LogP contribution in [0.2, 0.25) is 0 Å². The Hall–Kier alpha value is -1.54. The minimum atomic E-state index is -0.755. The fourth-order valence-corrected chi connectivity index (χ4v) is 3.61. The number of aliphatic hydroxyl groups is 1. The summed E-state index contributed by atoms with van der Waals surface area (Å²) in [4.78, 5) is 0. The zero-order valence-electron chi connectivity index (χ0n) is 16.9. The van der Waals surface area contributed by atoms with E-state index in [1.165, 1.54) is 51.4 Å². The van der Waals surface area contributed by atoms with Crippen molar-refractivity contribution in [2.24, 2.45) is 0 Å². The number of methoxy groups -OCH3 is 1. The van der Waals surface area contributed by atoms with Crippen LogP contribution in [0.3, 0.4) is 0 Å². The zero-order valence-corrected chi connectivity index (χ0v) is 16.9. The van der Waals surface area contributed by atoms with Gasteiger partial charge >= 0.3 is 0 Å². The van der Waals surface area contributed by atoms with Gasteiger partial charge in [0.05, 0.1) is 12.7 Å². The molecule has 1 unspecified atom stereocenters. The van der Waals surface area contributed by atoms with Crippen LogP contribution >= 0.6 is 0 Å². The van der Waals surface area contributed by atoms with Gasteiger partial charge in [-0.25, -0.2) is 0 Å². The van der Waals surface area contributed by atoms with Crippen molar-refractivity contribution in [2.75, 3.05) is 7.11 Å². The standard InChI is InChI=1S/C24H36O2/c1-4-5-6-7-8-9-10-11-12-17-24(2,25)22-15-13-21-19-23(26-3)16-14-20(21)18-22/h13-16,18-19,25H,4-12,17H2,1-3H3. The van der Waals surface area contributed by atoms with E-state index in [1.807, 2.05) is 19.1 Å². The largest absolute Gasteiger partial charge is 0.497 e. The van der Waals surface area contributed by atoms with E-state index < -0.39 is 5.60 Å². The molecule has 0 aromatic heterocycles. The molecule has 144 valence electrons. The van der Waals surface area contributed by atoms with Crippen molar-refractivity contribution < 1.29 is 9.84 Å². The summed E-state index contributed by atoms with van der Waals surface area (Å²) in [6.07, 6.45) is 12.6. The van der Waals surface area contributed by atoms with Gasteiger partial charge in [0.1, 0.15) is 5.75 Å². The van der Waals surface area contributed by atoms with Crippen LogP contribution in [0.15, 0.2) is 36.4 Å². The second-order valence-corrected chi connectivity index (χ2v) is 7.78. The Kier molecular flexibility index (Phi) is 8.44. The van der Waals surface area contributed by atoms with Crippen LogP contribution in [-0.2, 0) is 5.60 Å². The van der Waals surface area contributed by atoms with Crippen LogP contribution in [-0.4, -0.2) is 12.2 Å². The zero-order chi connectivity index (χ0) is 18.8. The molecule has 2 nitrogen and oxygen atoms in total. The fourth-order valence-electron chi connectivity index (χ4n) is 3.61. The maximum absolute atomic E-state index is 10.9. The number of benzene rings is 2. The van der Waals surface area contributed by atoms with Crippen LogP contribution < -0.4 is 4.74 Å². The Morgan fingerprint density at radius 3 is 2.04 bits per heavy atom. The van der Waals surface area contributed by atoms with Crippen molar-refractivity contribution in [1.82, 2.24) is 0 Å². The van der Waals surface area contributed by atoms with E-state index in [1.54, 1.807) is 7.11 Å². The summed E-state index contributed by atoms with van der Waals surface area (Å²) in [6.45, 7) is 4.21. The Balaban J connectivity index is 1.79. The van der Waals surface area contributed by atoms with Gasteiger partial charge in [-0.05, 0) is 47.9 Å². The number of rotatable bonds is 12. The van der Waals surface area contributed by atoms with Crippen LogP contribution in [0.5, 0.6) is 5.75 Å². The molecule has 0 aliphatic carbocycles. The van der Waals surface area contributed by atoms with Gasteiger partial charge in [-0.1, -0.05) is 82.9 Å². The molecule has 2 rings (SSSR count). The predicted octanol–water partition coefficient (Wildman–Crippen LogP) is 6.98. The SMILES string of the molecule is CCCCCCCCCCCC(C)(O)c1ccc2cc(OC)ccc2c1. The van der Waals surface area contributed by atoms with Crippen LogP contribution in [0.4, 0.5) is 0 Å². The highest BCUT2D eigenvalue weighted by Crippen LogP contribution is 2.31. The van der Waals surface area contributed by atoms with E-state index in [4.69, 9.17) is 4.74 Å². The molecule has 0 heterocycles. The van der Waals surface area contributed by atoms with Gasteiger partial charge in [0.25, 0.3) is 0 Å². The molecule has 2 heteroatoms. The quantitative estimate of drug-likeness (QED) is 0.416. The Bertz CT molecular complexity index is 660. The molecule has 2 aromatic rings. The van der Waals surface area contributed by atoms with E-state index in [-0.39, 0.29) is 0 Å². The molecule has 0 aliphatic rings. The first-order valence-corrected chi connectivity index (χ1v) is 10.4. The monoisotopic (exact) mass is 356 g/mol. The highest BCUT2D eigenvalue weighted by Gasteiger charge is 2.22. The molecule has 0 amide bonds. The highest BCUT2D eigenvalue weighted by molar-refractivity contribution is 5.84. The third-order valence-corrected chi connectivity index (χ3v) is 5.44. The summed E-state index contributed by atoms with van der Waals surface area (Å²) in [5, 5.41) is 13.2. The highest BCUT2D eigenvalue weighted by atomic mass is 16.5. The van der Waals surface area contributed by atoms with Crippen molar-refractivity contribution in [3.8, 4) is 5.75 Å². The lowest BCUT2D eigenvalue weighted by atomic mass is 9.88.